The molecule has 5 heteroatoms. The maximum Gasteiger partial charge on any atom is 0.339 e. The van der Waals surface area contributed by atoms with E-state index in [9.17, 15) is 9.59 Å². The standard InChI is InChI=1S/C11H10Cl2O3/c1-16-11(15)8-3-2-7(6-9(8)13)10(14)4-5-12/h2-3,6H,4-5H2,1H3. The monoisotopic (exact) mass is 260 g/mol. The Hall–Kier alpha value is -1.06. The van der Waals surface area contributed by atoms with Crippen molar-refractivity contribution in [3.05, 3.63) is 34.3 Å². The first-order chi connectivity index (χ1) is 7.60. The van der Waals surface area contributed by atoms with E-state index in [4.69, 9.17) is 23.2 Å². The van der Waals surface area contributed by atoms with E-state index >= 15 is 0 Å². The van der Waals surface area contributed by atoms with E-state index in [0.29, 0.717) is 5.56 Å². The van der Waals surface area contributed by atoms with Crippen LogP contribution in [-0.2, 0) is 4.74 Å². The van der Waals surface area contributed by atoms with E-state index < -0.39 is 5.97 Å². The molecule has 16 heavy (non-hydrogen) atoms. The third-order valence-corrected chi connectivity index (χ3v) is 2.52. The minimum absolute atomic E-state index is 0.103. The van der Waals surface area contributed by atoms with Crippen molar-refractivity contribution in [1.29, 1.82) is 0 Å². The molecule has 0 amide bonds. The Morgan fingerprint density at radius 2 is 2.06 bits per heavy atom. The van der Waals surface area contributed by atoms with E-state index in [1.165, 1.54) is 25.3 Å². The van der Waals surface area contributed by atoms with Gasteiger partial charge < -0.3 is 4.74 Å². The molecular weight excluding hydrogens is 251 g/mol. The van der Waals surface area contributed by atoms with Crippen molar-refractivity contribution >= 4 is 35.0 Å². The van der Waals surface area contributed by atoms with Crippen molar-refractivity contribution in [2.24, 2.45) is 0 Å². The summed E-state index contributed by atoms with van der Waals surface area (Å²) in [6.07, 6.45) is 0.245. The van der Waals surface area contributed by atoms with Crippen LogP contribution >= 0.6 is 23.2 Å². The summed E-state index contributed by atoms with van der Waals surface area (Å²) in [5.74, 6) is -0.371. The topological polar surface area (TPSA) is 43.4 Å². The first kappa shape index (κ1) is 13.0. The fourth-order valence-corrected chi connectivity index (χ4v) is 1.62. The number of rotatable bonds is 4. The summed E-state index contributed by atoms with van der Waals surface area (Å²) in [6, 6.07) is 4.45. The van der Waals surface area contributed by atoms with Gasteiger partial charge in [-0.3, -0.25) is 4.79 Å². The number of ether oxygens (including phenoxy) is 1. The molecule has 1 aromatic carbocycles. The van der Waals surface area contributed by atoms with Crippen LogP contribution in [0.4, 0.5) is 0 Å². The smallest absolute Gasteiger partial charge is 0.339 e. The highest BCUT2D eigenvalue weighted by Gasteiger charge is 2.13. The number of carbonyl (C=O) groups excluding carboxylic acids is 2. The summed E-state index contributed by atoms with van der Waals surface area (Å²) in [6.45, 7) is 0. The summed E-state index contributed by atoms with van der Waals surface area (Å²) in [5.41, 5.74) is 0.685. The van der Waals surface area contributed by atoms with Gasteiger partial charge in [0.05, 0.1) is 17.7 Å². The van der Waals surface area contributed by atoms with Crippen LogP contribution in [-0.4, -0.2) is 24.7 Å². The quantitative estimate of drug-likeness (QED) is 0.475. The zero-order chi connectivity index (χ0) is 12.1. The molecule has 3 nitrogen and oxygen atoms in total. The molecule has 0 unspecified atom stereocenters. The van der Waals surface area contributed by atoms with Crippen molar-refractivity contribution in [2.45, 2.75) is 6.42 Å². The third kappa shape index (κ3) is 2.97. The largest absolute Gasteiger partial charge is 0.465 e. The number of benzene rings is 1. The Balaban J connectivity index is 2.99. The lowest BCUT2D eigenvalue weighted by molar-refractivity contribution is 0.0600. The van der Waals surface area contributed by atoms with Gasteiger partial charge in [0.15, 0.2) is 5.78 Å². The Bertz CT molecular complexity index is 416. The average molecular weight is 261 g/mol. The van der Waals surface area contributed by atoms with Crippen LogP contribution in [0, 0.1) is 0 Å². The molecule has 0 spiro atoms. The first-order valence-electron chi connectivity index (χ1n) is 4.57. The van der Waals surface area contributed by atoms with Crippen LogP contribution in [0.2, 0.25) is 5.02 Å². The molecule has 0 aromatic heterocycles. The number of Topliss-reactive ketones (excluding diaryl/α,β-unsaturated/α-hetero) is 1. The van der Waals surface area contributed by atoms with Crippen LogP contribution in [0.15, 0.2) is 18.2 Å². The highest BCUT2D eigenvalue weighted by molar-refractivity contribution is 6.34. The van der Waals surface area contributed by atoms with Crippen LogP contribution in [0.5, 0.6) is 0 Å². The molecule has 1 aromatic rings. The average Bonchev–Trinajstić information content (AvgIpc) is 2.28. The zero-order valence-corrected chi connectivity index (χ0v) is 10.1. The summed E-state index contributed by atoms with van der Waals surface area (Å²) in [5, 5.41) is 0.201. The Labute approximate surface area is 103 Å². The second-order valence-corrected chi connectivity index (χ2v) is 3.83. The van der Waals surface area contributed by atoms with Crippen LogP contribution < -0.4 is 0 Å². The van der Waals surface area contributed by atoms with Gasteiger partial charge in [-0.25, -0.2) is 4.79 Å². The molecule has 0 radical (unpaired) electrons. The Kier molecular flexibility index (Phi) is 4.77. The highest BCUT2D eigenvalue weighted by atomic mass is 35.5. The van der Waals surface area contributed by atoms with Gasteiger partial charge in [0.1, 0.15) is 0 Å². The van der Waals surface area contributed by atoms with Crippen molar-refractivity contribution in [3.63, 3.8) is 0 Å². The lowest BCUT2D eigenvalue weighted by Crippen LogP contribution is -2.05. The van der Waals surface area contributed by atoms with Crippen molar-refractivity contribution in [1.82, 2.24) is 0 Å². The number of hydrogen-bond acceptors (Lipinski definition) is 3. The maximum absolute atomic E-state index is 11.5. The minimum Gasteiger partial charge on any atom is -0.465 e. The van der Waals surface area contributed by atoms with Gasteiger partial charge in [0, 0.05) is 17.9 Å². The summed E-state index contributed by atoms with van der Waals surface area (Å²) in [7, 11) is 1.27. The molecule has 0 aliphatic carbocycles. The second kappa shape index (κ2) is 5.87. The Morgan fingerprint density at radius 1 is 1.38 bits per heavy atom. The van der Waals surface area contributed by atoms with Crippen LogP contribution in [0.25, 0.3) is 0 Å². The van der Waals surface area contributed by atoms with Gasteiger partial charge in [-0.1, -0.05) is 17.7 Å². The number of esters is 1. The molecule has 0 saturated heterocycles. The molecule has 0 heterocycles. The van der Waals surface area contributed by atoms with E-state index in [1.807, 2.05) is 0 Å². The summed E-state index contributed by atoms with van der Waals surface area (Å²) < 4.78 is 4.54. The number of methoxy groups -OCH3 is 1. The normalized spacial score (nSPS) is 9.94. The van der Waals surface area contributed by atoms with E-state index in [-0.39, 0.29) is 28.7 Å². The number of alkyl halides is 1. The van der Waals surface area contributed by atoms with E-state index in [1.54, 1.807) is 0 Å². The first-order valence-corrected chi connectivity index (χ1v) is 5.48. The Morgan fingerprint density at radius 3 is 2.56 bits per heavy atom. The maximum atomic E-state index is 11.5. The van der Waals surface area contributed by atoms with Crippen molar-refractivity contribution in [3.8, 4) is 0 Å². The van der Waals surface area contributed by atoms with Gasteiger partial charge >= 0.3 is 5.97 Å². The molecule has 0 saturated carbocycles. The summed E-state index contributed by atoms with van der Waals surface area (Å²) in [4.78, 5) is 22.7. The molecule has 0 N–H and O–H groups in total. The van der Waals surface area contributed by atoms with Crippen molar-refractivity contribution in [2.75, 3.05) is 13.0 Å². The SMILES string of the molecule is COC(=O)c1ccc(C(=O)CCCl)cc1Cl. The molecule has 1 rings (SSSR count). The van der Waals surface area contributed by atoms with E-state index in [2.05, 4.69) is 4.74 Å². The van der Waals surface area contributed by atoms with Crippen LogP contribution in [0.1, 0.15) is 27.1 Å². The summed E-state index contributed by atoms with van der Waals surface area (Å²) >= 11 is 11.3. The lowest BCUT2D eigenvalue weighted by Gasteiger charge is -2.04. The van der Waals surface area contributed by atoms with Gasteiger partial charge in [-0.2, -0.15) is 0 Å². The molecule has 0 bridgehead atoms. The molecule has 0 fully saturated rings. The van der Waals surface area contributed by atoms with Crippen molar-refractivity contribution < 1.29 is 14.3 Å². The van der Waals surface area contributed by atoms with Gasteiger partial charge in [0.25, 0.3) is 0 Å². The minimum atomic E-state index is -0.527. The third-order valence-electron chi connectivity index (χ3n) is 2.02. The predicted octanol–water partition coefficient (Wildman–Crippen LogP) is 2.94. The second-order valence-electron chi connectivity index (χ2n) is 3.05. The number of carbonyl (C=O) groups is 2. The van der Waals surface area contributed by atoms with Gasteiger partial charge in [-0.05, 0) is 12.1 Å². The highest BCUT2D eigenvalue weighted by Crippen LogP contribution is 2.19. The molecule has 86 valence electrons. The van der Waals surface area contributed by atoms with Crippen LogP contribution in [0.3, 0.4) is 0 Å². The lowest BCUT2D eigenvalue weighted by atomic mass is 10.1. The molecule has 0 aliphatic rings. The van der Waals surface area contributed by atoms with Gasteiger partial charge in [0.2, 0.25) is 0 Å². The molecule has 0 aliphatic heterocycles. The van der Waals surface area contributed by atoms with E-state index in [0.717, 1.165) is 0 Å². The molecular formula is C11H10Cl2O3. The fourth-order valence-electron chi connectivity index (χ4n) is 1.19. The number of halogens is 2. The fraction of sp³-hybridized carbons (Fsp3) is 0.273. The zero-order valence-electron chi connectivity index (χ0n) is 8.63. The predicted molar refractivity (Wildman–Crippen MR) is 62.5 cm³/mol. The van der Waals surface area contributed by atoms with Gasteiger partial charge in [-0.15, -0.1) is 11.6 Å². The number of ketones is 1. The number of hydrogen-bond donors (Lipinski definition) is 0. The molecule has 0 atom stereocenters.